The monoisotopic (exact) mass is 542 g/mol. The summed E-state index contributed by atoms with van der Waals surface area (Å²) < 4.78 is 0. The predicted molar refractivity (Wildman–Crippen MR) is 148 cm³/mol. The van der Waals surface area contributed by atoms with Crippen molar-refractivity contribution in [2.24, 2.45) is 0 Å². The Hall–Kier alpha value is -1.75. The van der Waals surface area contributed by atoms with Gasteiger partial charge in [-0.2, -0.15) is 9.81 Å². The molecule has 4 aromatic carbocycles. The Bertz CT molecular complexity index is 1310. The second kappa shape index (κ2) is 10.3. The van der Waals surface area contributed by atoms with Gasteiger partial charge < -0.3 is 50.5 Å². The minimum Gasteiger partial charge on any atom is -0.785 e. The van der Waals surface area contributed by atoms with Gasteiger partial charge in [0.15, 0.2) is 0 Å². The molecule has 2 aliphatic rings. The average molecular weight is 543 g/mol. The smallest absolute Gasteiger partial charge is 0 e. The molecular formula is C28H20NiS4-4. The normalized spacial score (nSPS) is 14.8. The van der Waals surface area contributed by atoms with Crippen molar-refractivity contribution in [1.82, 2.24) is 0 Å². The zero-order valence-electron chi connectivity index (χ0n) is 17.7. The zero-order chi connectivity index (χ0) is 22.2. The van der Waals surface area contributed by atoms with Crippen LogP contribution in [-0.2, 0) is 79.8 Å². The summed E-state index contributed by atoms with van der Waals surface area (Å²) in [7, 11) is 0. The van der Waals surface area contributed by atoms with Gasteiger partial charge in [0.25, 0.3) is 0 Å². The molecule has 0 aliphatic heterocycles. The third kappa shape index (κ3) is 4.63. The third-order valence-corrected chi connectivity index (χ3v) is 8.29. The summed E-state index contributed by atoms with van der Waals surface area (Å²) in [6.45, 7) is 0. The summed E-state index contributed by atoms with van der Waals surface area (Å²) in [4.78, 5) is 3.64. The zero-order valence-corrected chi connectivity index (χ0v) is 22.0. The van der Waals surface area contributed by atoms with Crippen LogP contribution in [0.1, 0.15) is 35.1 Å². The molecule has 0 spiro atoms. The number of hydrogen-bond acceptors (Lipinski definition) is 4. The molecule has 6 rings (SSSR count). The summed E-state index contributed by atoms with van der Waals surface area (Å²) >= 11 is 21.4. The maximum atomic E-state index is 5.40. The van der Waals surface area contributed by atoms with Gasteiger partial charge in [-0.1, -0.05) is 72.8 Å². The van der Waals surface area contributed by atoms with E-state index in [2.05, 4.69) is 72.8 Å². The van der Waals surface area contributed by atoms with Crippen LogP contribution in [0.2, 0.25) is 0 Å². The van der Waals surface area contributed by atoms with E-state index in [1.807, 2.05) is 0 Å². The Kier molecular flexibility index (Phi) is 7.57. The van der Waals surface area contributed by atoms with Gasteiger partial charge in [0.2, 0.25) is 0 Å². The fourth-order valence-electron chi connectivity index (χ4n) is 4.64. The molecule has 0 nitrogen and oxygen atoms in total. The second-order valence-corrected chi connectivity index (χ2v) is 9.93. The molecule has 0 amide bonds. The summed E-state index contributed by atoms with van der Waals surface area (Å²) in [5, 5.41) is 5.23. The Morgan fingerprint density at radius 2 is 0.848 bits per heavy atom. The Morgan fingerprint density at radius 1 is 0.455 bits per heavy atom. The molecule has 0 radical (unpaired) electrons. The van der Waals surface area contributed by atoms with E-state index in [0.717, 1.165) is 45.3 Å². The fourth-order valence-corrected chi connectivity index (χ4v) is 5.65. The van der Waals surface area contributed by atoms with Crippen molar-refractivity contribution in [3.63, 3.8) is 0 Å². The minimum atomic E-state index is 0. The van der Waals surface area contributed by atoms with Gasteiger partial charge in [-0.3, -0.25) is 0 Å². The molecule has 0 aromatic heterocycles. The van der Waals surface area contributed by atoms with Crippen LogP contribution in [0.25, 0.3) is 31.4 Å². The number of rotatable bonds is 0. The first kappa shape index (κ1) is 24.4. The minimum absolute atomic E-state index is 0. The predicted octanol–water partition coefficient (Wildman–Crippen LogP) is 7.09. The first-order valence-corrected chi connectivity index (χ1v) is 12.3. The summed E-state index contributed by atoms with van der Waals surface area (Å²) in [5.41, 5.74) is 5.09. The van der Waals surface area contributed by atoms with Gasteiger partial charge in [-0.05, 0) is 69.5 Å². The van der Waals surface area contributed by atoms with Gasteiger partial charge in [0.1, 0.15) is 0 Å². The summed E-state index contributed by atoms with van der Waals surface area (Å²) in [6.07, 6.45) is 3.90. The van der Waals surface area contributed by atoms with E-state index in [-0.39, 0.29) is 16.5 Å². The van der Waals surface area contributed by atoms with Crippen molar-refractivity contribution in [2.45, 2.75) is 25.7 Å². The molecule has 0 fully saturated rings. The molecular weight excluding hydrogens is 523 g/mol. The topological polar surface area (TPSA) is 0 Å². The number of hydrogen-bond donors (Lipinski definition) is 0. The standard InChI is InChI=1S/2C14H12S2.Ni/c2*15-13-8-7-11-10-4-2-1-3-9(10)5-6-12(11)14(13)16;/h2*1-6,15-16H,7-8H2;/p-4. The number of fused-ring (bicyclic) bond motifs is 6. The Labute approximate surface area is 227 Å². The Balaban J connectivity index is 0.000000152. The SMILES string of the molecule is [Ni].[S-]C1=C([S-])c2ccc3ccccc3c2CC1.[S-]C1=C([S-])c2ccc3ccccc3c2CC1. The first-order chi connectivity index (χ1) is 15.5. The van der Waals surface area contributed by atoms with Crippen LogP contribution in [-0.4, -0.2) is 0 Å². The molecule has 0 unspecified atom stereocenters. The molecule has 4 aromatic rings. The van der Waals surface area contributed by atoms with Crippen LogP contribution in [0.15, 0.2) is 82.6 Å². The molecule has 0 atom stereocenters. The fraction of sp³-hybridized carbons (Fsp3) is 0.143. The van der Waals surface area contributed by atoms with E-state index in [9.17, 15) is 0 Å². The average Bonchev–Trinajstić information content (AvgIpc) is 2.83. The van der Waals surface area contributed by atoms with Gasteiger partial charge >= 0.3 is 0 Å². The third-order valence-electron chi connectivity index (χ3n) is 6.28. The molecule has 2 aliphatic carbocycles. The van der Waals surface area contributed by atoms with Gasteiger partial charge in [-0.15, -0.1) is 0 Å². The van der Waals surface area contributed by atoms with E-state index in [0.29, 0.717) is 0 Å². The van der Waals surface area contributed by atoms with E-state index in [1.165, 1.54) is 43.8 Å². The first-order valence-electron chi connectivity index (χ1n) is 10.7. The van der Waals surface area contributed by atoms with Crippen molar-refractivity contribution in [1.29, 1.82) is 0 Å². The molecule has 5 heteroatoms. The number of allylic oxidation sites excluding steroid dienone is 2. The molecule has 0 saturated carbocycles. The van der Waals surface area contributed by atoms with E-state index >= 15 is 0 Å². The molecule has 0 N–H and O–H groups in total. The van der Waals surface area contributed by atoms with E-state index in [1.54, 1.807) is 0 Å². The van der Waals surface area contributed by atoms with Crippen molar-refractivity contribution in [3.05, 3.63) is 105 Å². The molecule has 33 heavy (non-hydrogen) atoms. The largest absolute Gasteiger partial charge is 0.785 e. The molecule has 170 valence electrons. The second-order valence-electron chi connectivity index (χ2n) is 8.13. The maximum absolute atomic E-state index is 5.40. The van der Waals surface area contributed by atoms with Gasteiger partial charge in [0.05, 0.1) is 0 Å². The van der Waals surface area contributed by atoms with E-state index in [4.69, 9.17) is 50.5 Å². The molecule has 0 saturated heterocycles. The number of benzene rings is 4. The van der Waals surface area contributed by atoms with Crippen molar-refractivity contribution >= 4 is 81.9 Å². The van der Waals surface area contributed by atoms with Gasteiger partial charge in [0, 0.05) is 16.5 Å². The van der Waals surface area contributed by atoms with Crippen molar-refractivity contribution < 1.29 is 16.5 Å². The van der Waals surface area contributed by atoms with Gasteiger partial charge in [-0.25, -0.2) is 9.81 Å². The Morgan fingerprint density at radius 3 is 1.27 bits per heavy atom. The molecule has 0 bridgehead atoms. The van der Waals surface area contributed by atoms with Crippen LogP contribution >= 0.6 is 0 Å². The van der Waals surface area contributed by atoms with E-state index < -0.39 is 0 Å². The molecule has 0 heterocycles. The quantitative estimate of drug-likeness (QED) is 0.171. The maximum Gasteiger partial charge on any atom is 0 e. The van der Waals surface area contributed by atoms with Crippen LogP contribution in [0.4, 0.5) is 0 Å². The van der Waals surface area contributed by atoms with Crippen molar-refractivity contribution in [3.8, 4) is 0 Å². The summed E-state index contributed by atoms with van der Waals surface area (Å²) in [6, 6.07) is 25.4. The van der Waals surface area contributed by atoms with Crippen LogP contribution < -0.4 is 0 Å². The van der Waals surface area contributed by atoms with Crippen LogP contribution in [0.3, 0.4) is 0 Å². The van der Waals surface area contributed by atoms with Crippen LogP contribution in [0.5, 0.6) is 0 Å². The van der Waals surface area contributed by atoms with Crippen LogP contribution in [0, 0.1) is 0 Å². The number of aryl methyl sites for hydroxylation is 2. The van der Waals surface area contributed by atoms with Crippen molar-refractivity contribution in [2.75, 3.05) is 0 Å². The summed E-state index contributed by atoms with van der Waals surface area (Å²) in [5.74, 6) is 0.